The van der Waals surface area contributed by atoms with Crippen LogP contribution in [0.2, 0.25) is 0 Å². The molecule has 132 valence electrons. The lowest BCUT2D eigenvalue weighted by atomic mass is 10.2. The number of ether oxygens (including phenoxy) is 1. The molecule has 0 fully saturated rings. The molecule has 0 atom stereocenters. The van der Waals surface area contributed by atoms with Crippen molar-refractivity contribution in [1.82, 2.24) is 9.36 Å². The lowest BCUT2D eigenvalue weighted by Crippen LogP contribution is -2.26. The van der Waals surface area contributed by atoms with E-state index >= 15 is 0 Å². The van der Waals surface area contributed by atoms with E-state index in [9.17, 15) is 19.2 Å². The molecule has 8 nitrogen and oxygen atoms in total. The van der Waals surface area contributed by atoms with Crippen molar-refractivity contribution in [3.63, 3.8) is 0 Å². The highest BCUT2D eigenvalue weighted by Crippen LogP contribution is 2.14. The fourth-order valence-corrected chi connectivity index (χ4v) is 2.33. The summed E-state index contributed by atoms with van der Waals surface area (Å²) in [5, 5.41) is 2.42. The van der Waals surface area contributed by atoms with Crippen LogP contribution in [0.3, 0.4) is 0 Å². The first-order chi connectivity index (χ1) is 11.9. The van der Waals surface area contributed by atoms with Crippen LogP contribution >= 0.6 is 0 Å². The summed E-state index contributed by atoms with van der Waals surface area (Å²) < 4.78 is 7.54. The Morgan fingerprint density at radius 2 is 1.80 bits per heavy atom. The Hall–Kier alpha value is -3.16. The number of benzene rings is 1. The molecule has 0 saturated carbocycles. The minimum absolute atomic E-state index is 0.0474. The van der Waals surface area contributed by atoms with Crippen LogP contribution < -0.4 is 10.9 Å². The summed E-state index contributed by atoms with van der Waals surface area (Å²) in [7, 11) is 1.68. The summed E-state index contributed by atoms with van der Waals surface area (Å²) in [6.45, 7) is 3.28. The van der Waals surface area contributed by atoms with Crippen LogP contribution in [0, 0.1) is 6.92 Å². The van der Waals surface area contributed by atoms with Gasteiger partial charge in [0.05, 0.1) is 24.4 Å². The summed E-state index contributed by atoms with van der Waals surface area (Å²) in [5.74, 6) is -2.77. The quantitative estimate of drug-likeness (QED) is 0.477. The number of carbonyl (C=O) groups excluding carboxylic acids is 3. The molecule has 0 radical (unpaired) electrons. The van der Waals surface area contributed by atoms with Crippen LogP contribution in [-0.2, 0) is 26.2 Å². The van der Waals surface area contributed by atoms with Crippen LogP contribution in [0.15, 0.2) is 35.1 Å². The van der Waals surface area contributed by atoms with Crippen molar-refractivity contribution in [1.29, 1.82) is 0 Å². The Balaban J connectivity index is 2.24. The summed E-state index contributed by atoms with van der Waals surface area (Å²) in [4.78, 5) is 47.5. The first-order valence-electron chi connectivity index (χ1n) is 7.70. The molecule has 0 aliphatic heterocycles. The standard InChI is InChI=1S/C17H19N3O5/c1-4-25-17(24)13(21)10-14(22)18-15-11(2)19(3)20(16(15)23)12-8-6-5-7-9-12/h5-9H,4,10H2,1-3H3,(H,18,22). The van der Waals surface area contributed by atoms with Crippen molar-refractivity contribution < 1.29 is 19.1 Å². The van der Waals surface area contributed by atoms with Gasteiger partial charge in [-0.1, -0.05) is 18.2 Å². The monoisotopic (exact) mass is 345 g/mol. The molecular weight excluding hydrogens is 326 g/mol. The number of amides is 1. The molecular formula is C17H19N3O5. The van der Waals surface area contributed by atoms with E-state index in [1.807, 2.05) is 6.07 Å². The average molecular weight is 345 g/mol. The number of esters is 1. The van der Waals surface area contributed by atoms with Gasteiger partial charge in [-0.05, 0) is 26.0 Å². The van der Waals surface area contributed by atoms with E-state index in [1.165, 1.54) is 4.68 Å². The number of Topliss-reactive ketones (excluding diaryl/α,β-unsaturated/α-hetero) is 1. The van der Waals surface area contributed by atoms with Gasteiger partial charge in [0.15, 0.2) is 0 Å². The van der Waals surface area contributed by atoms with E-state index in [0.717, 1.165) is 0 Å². The van der Waals surface area contributed by atoms with Gasteiger partial charge in [-0.3, -0.25) is 19.1 Å². The highest BCUT2D eigenvalue weighted by molar-refractivity contribution is 6.37. The predicted molar refractivity (Wildman–Crippen MR) is 90.6 cm³/mol. The molecule has 1 aromatic carbocycles. The van der Waals surface area contributed by atoms with Gasteiger partial charge in [0.25, 0.3) is 5.56 Å². The number of anilines is 1. The van der Waals surface area contributed by atoms with Gasteiger partial charge in [-0.25, -0.2) is 9.48 Å². The van der Waals surface area contributed by atoms with Crippen LogP contribution in [0.25, 0.3) is 5.69 Å². The second-order valence-corrected chi connectivity index (χ2v) is 5.31. The zero-order valence-electron chi connectivity index (χ0n) is 14.2. The number of ketones is 1. The third-order valence-corrected chi connectivity index (χ3v) is 3.64. The molecule has 1 amide bonds. The van der Waals surface area contributed by atoms with Gasteiger partial charge in [0.2, 0.25) is 11.7 Å². The van der Waals surface area contributed by atoms with E-state index < -0.39 is 29.6 Å². The van der Waals surface area contributed by atoms with Gasteiger partial charge in [0, 0.05) is 7.05 Å². The van der Waals surface area contributed by atoms with E-state index in [2.05, 4.69) is 10.1 Å². The topological polar surface area (TPSA) is 99.4 Å². The van der Waals surface area contributed by atoms with Crippen molar-refractivity contribution in [2.75, 3.05) is 11.9 Å². The number of rotatable bonds is 6. The van der Waals surface area contributed by atoms with Gasteiger partial charge >= 0.3 is 5.97 Å². The van der Waals surface area contributed by atoms with E-state index in [4.69, 9.17) is 0 Å². The molecule has 0 unspecified atom stereocenters. The smallest absolute Gasteiger partial charge is 0.375 e. The Labute approximate surface area is 144 Å². The van der Waals surface area contributed by atoms with E-state index in [1.54, 1.807) is 49.8 Å². The Morgan fingerprint density at radius 1 is 1.16 bits per heavy atom. The fraction of sp³-hybridized carbons (Fsp3) is 0.294. The van der Waals surface area contributed by atoms with Gasteiger partial charge in [-0.15, -0.1) is 0 Å². The minimum Gasteiger partial charge on any atom is -0.460 e. The first kappa shape index (κ1) is 18.2. The molecule has 1 aromatic heterocycles. The molecule has 0 spiro atoms. The maximum atomic E-state index is 12.6. The molecule has 0 bridgehead atoms. The highest BCUT2D eigenvalue weighted by Gasteiger charge is 2.22. The van der Waals surface area contributed by atoms with E-state index in [-0.39, 0.29) is 12.3 Å². The molecule has 0 aliphatic carbocycles. The number of para-hydroxylation sites is 1. The summed E-state index contributed by atoms with van der Waals surface area (Å²) in [6.07, 6.45) is -0.683. The fourth-order valence-electron chi connectivity index (χ4n) is 2.33. The predicted octanol–water partition coefficient (Wildman–Crippen LogP) is 0.945. The zero-order valence-corrected chi connectivity index (χ0v) is 14.2. The molecule has 0 saturated heterocycles. The Morgan fingerprint density at radius 3 is 2.40 bits per heavy atom. The van der Waals surface area contributed by atoms with Crippen LogP contribution in [0.5, 0.6) is 0 Å². The zero-order chi connectivity index (χ0) is 18.6. The van der Waals surface area contributed by atoms with Gasteiger partial charge in [0.1, 0.15) is 5.69 Å². The molecule has 0 aliphatic rings. The Bertz CT molecular complexity index is 864. The van der Waals surface area contributed by atoms with Crippen molar-refractivity contribution in [2.45, 2.75) is 20.3 Å². The van der Waals surface area contributed by atoms with Crippen LogP contribution in [0.4, 0.5) is 5.69 Å². The lowest BCUT2D eigenvalue weighted by molar-refractivity contribution is -0.154. The normalized spacial score (nSPS) is 10.4. The number of hydrogen-bond donors (Lipinski definition) is 1. The second-order valence-electron chi connectivity index (χ2n) is 5.31. The SMILES string of the molecule is CCOC(=O)C(=O)CC(=O)Nc1c(C)n(C)n(-c2ccccc2)c1=O. The minimum atomic E-state index is -1.07. The molecule has 2 rings (SSSR count). The van der Waals surface area contributed by atoms with Crippen LogP contribution in [-0.4, -0.2) is 33.6 Å². The maximum Gasteiger partial charge on any atom is 0.375 e. The number of aromatic nitrogens is 2. The van der Waals surface area contributed by atoms with Gasteiger partial charge in [-0.2, -0.15) is 0 Å². The molecule has 2 aromatic rings. The number of carbonyl (C=O) groups is 3. The lowest BCUT2D eigenvalue weighted by Gasteiger charge is -2.07. The number of hydrogen-bond acceptors (Lipinski definition) is 5. The van der Waals surface area contributed by atoms with Crippen molar-refractivity contribution >= 4 is 23.3 Å². The molecule has 1 heterocycles. The average Bonchev–Trinajstić information content (AvgIpc) is 2.79. The third kappa shape index (κ3) is 3.85. The van der Waals surface area contributed by atoms with E-state index in [0.29, 0.717) is 11.4 Å². The number of nitrogens with zero attached hydrogens (tertiary/aromatic N) is 2. The van der Waals surface area contributed by atoms with Gasteiger partial charge < -0.3 is 10.1 Å². The summed E-state index contributed by atoms with van der Waals surface area (Å²) in [6, 6.07) is 8.93. The third-order valence-electron chi connectivity index (χ3n) is 3.64. The molecule has 1 N–H and O–H groups in total. The van der Waals surface area contributed by atoms with Crippen LogP contribution in [0.1, 0.15) is 19.0 Å². The largest absolute Gasteiger partial charge is 0.460 e. The molecule has 8 heteroatoms. The Kier molecular flexibility index (Phi) is 5.53. The highest BCUT2D eigenvalue weighted by atomic mass is 16.5. The van der Waals surface area contributed by atoms with Crippen molar-refractivity contribution in [2.24, 2.45) is 7.05 Å². The van der Waals surface area contributed by atoms with Crippen molar-refractivity contribution in [3.8, 4) is 5.69 Å². The summed E-state index contributed by atoms with van der Waals surface area (Å²) in [5.41, 5.74) is 0.795. The van der Waals surface area contributed by atoms with Crippen molar-refractivity contribution in [3.05, 3.63) is 46.4 Å². The second kappa shape index (κ2) is 7.61. The maximum absolute atomic E-state index is 12.6. The summed E-state index contributed by atoms with van der Waals surface area (Å²) >= 11 is 0. The number of nitrogens with one attached hydrogen (secondary N) is 1. The molecule has 25 heavy (non-hydrogen) atoms. The first-order valence-corrected chi connectivity index (χ1v) is 7.70.